The molecule has 19 heavy (non-hydrogen) atoms. The molecule has 1 amide bonds. The van der Waals surface area contributed by atoms with E-state index in [-0.39, 0.29) is 5.91 Å². The van der Waals surface area contributed by atoms with E-state index in [0.29, 0.717) is 12.8 Å². The molecule has 0 rings (SSSR count). The monoisotopic (exact) mass is 271 g/mol. The molecule has 4 heteroatoms. The minimum atomic E-state index is -0.921. The van der Waals surface area contributed by atoms with Crippen molar-refractivity contribution >= 4 is 11.9 Å². The van der Waals surface area contributed by atoms with Crippen molar-refractivity contribution in [3.63, 3.8) is 0 Å². The highest BCUT2D eigenvalue weighted by atomic mass is 16.4. The van der Waals surface area contributed by atoms with Crippen molar-refractivity contribution in [2.75, 3.05) is 0 Å². The summed E-state index contributed by atoms with van der Waals surface area (Å²) in [7, 11) is 0. The van der Waals surface area contributed by atoms with Crippen molar-refractivity contribution in [2.24, 2.45) is 0 Å². The standard InChI is InChI=1S/C15H29NO3/c1-3-5-7-8-10-12-14(17)16-13(15(18)19)11-9-6-4-2/h13H,3-12H2,1-2H3,(H,16,17)(H,18,19). The van der Waals surface area contributed by atoms with Gasteiger partial charge in [0.25, 0.3) is 0 Å². The van der Waals surface area contributed by atoms with Gasteiger partial charge in [-0.1, -0.05) is 58.8 Å². The van der Waals surface area contributed by atoms with Crippen LogP contribution in [0.2, 0.25) is 0 Å². The lowest BCUT2D eigenvalue weighted by molar-refractivity contribution is -0.142. The quantitative estimate of drug-likeness (QED) is 0.534. The molecule has 0 aliphatic heterocycles. The van der Waals surface area contributed by atoms with Crippen LogP contribution < -0.4 is 5.32 Å². The SMILES string of the molecule is CCCCCCCC(=O)NC(CCCCC)C(=O)O. The lowest BCUT2D eigenvalue weighted by Gasteiger charge is -2.14. The van der Waals surface area contributed by atoms with E-state index in [9.17, 15) is 9.59 Å². The van der Waals surface area contributed by atoms with E-state index in [1.165, 1.54) is 12.8 Å². The van der Waals surface area contributed by atoms with E-state index in [4.69, 9.17) is 5.11 Å². The average Bonchev–Trinajstić information content (AvgIpc) is 2.37. The van der Waals surface area contributed by atoms with Gasteiger partial charge in [0.05, 0.1) is 0 Å². The third-order valence-electron chi connectivity index (χ3n) is 3.24. The van der Waals surface area contributed by atoms with Gasteiger partial charge in [0.1, 0.15) is 6.04 Å². The van der Waals surface area contributed by atoms with Gasteiger partial charge in [-0.25, -0.2) is 4.79 Å². The van der Waals surface area contributed by atoms with Gasteiger partial charge in [0.15, 0.2) is 0 Å². The molecule has 0 aromatic heterocycles. The second-order valence-electron chi connectivity index (χ2n) is 5.12. The molecule has 0 aliphatic rings. The maximum Gasteiger partial charge on any atom is 0.326 e. The molecular formula is C15H29NO3. The number of hydrogen-bond donors (Lipinski definition) is 2. The summed E-state index contributed by atoms with van der Waals surface area (Å²) in [5.74, 6) is -1.05. The number of nitrogens with one attached hydrogen (secondary N) is 1. The first-order valence-corrected chi connectivity index (χ1v) is 7.64. The first-order valence-electron chi connectivity index (χ1n) is 7.64. The molecule has 0 spiro atoms. The van der Waals surface area contributed by atoms with Gasteiger partial charge in [-0.3, -0.25) is 4.79 Å². The molecule has 2 N–H and O–H groups in total. The molecule has 112 valence electrons. The van der Waals surface area contributed by atoms with Crippen LogP contribution in [-0.2, 0) is 9.59 Å². The number of carbonyl (C=O) groups is 2. The van der Waals surface area contributed by atoms with Crippen molar-refractivity contribution < 1.29 is 14.7 Å². The Labute approximate surface area is 117 Å². The highest BCUT2D eigenvalue weighted by molar-refractivity contribution is 5.83. The fourth-order valence-corrected chi connectivity index (χ4v) is 2.01. The van der Waals surface area contributed by atoms with Gasteiger partial charge in [0, 0.05) is 6.42 Å². The van der Waals surface area contributed by atoms with Crippen LogP contribution >= 0.6 is 0 Å². The third kappa shape index (κ3) is 10.5. The minimum absolute atomic E-state index is 0.125. The first-order chi connectivity index (χ1) is 9.11. The van der Waals surface area contributed by atoms with Crippen LogP contribution in [0.4, 0.5) is 0 Å². The molecule has 0 bridgehead atoms. The predicted octanol–water partition coefficient (Wildman–Crippen LogP) is 3.50. The Morgan fingerprint density at radius 3 is 2.11 bits per heavy atom. The Bertz CT molecular complexity index is 254. The van der Waals surface area contributed by atoms with Crippen LogP contribution in [-0.4, -0.2) is 23.0 Å². The Hall–Kier alpha value is -1.06. The second-order valence-corrected chi connectivity index (χ2v) is 5.12. The van der Waals surface area contributed by atoms with Crippen LogP contribution in [0.1, 0.15) is 78.1 Å². The molecule has 0 aromatic carbocycles. The van der Waals surface area contributed by atoms with Crippen molar-refractivity contribution in [3.05, 3.63) is 0 Å². The topological polar surface area (TPSA) is 66.4 Å². The van der Waals surface area contributed by atoms with Gasteiger partial charge >= 0.3 is 5.97 Å². The van der Waals surface area contributed by atoms with Crippen LogP contribution in [0, 0.1) is 0 Å². The normalized spacial score (nSPS) is 12.1. The molecule has 1 atom stereocenters. The van der Waals surface area contributed by atoms with Gasteiger partial charge in [-0.2, -0.15) is 0 Å². The van der Waals surface area contributed by atoms with Crippen molar-refractivity contribution in [3.8, 4) is 0 Å². The second kappa shape index (κ2) is 12.0. The lowest BCUT2D eigenvalue weighted by atomic mass is 10.1. The number of carboxylic acids is 1. The molecule has 1 unspecified atom stereocenters. The number of rotatable bonds is 12. The Morgan fingerprint density at radius 2 is 1.53 bits per heavy atom. The maximum atomic E-state index is 11.6. The molecule has 0 saturated carbocycles. The summed E-state index contributed by atoms with van der Waals surface area (Å²) in [6.45, 7) is 4.23. The van der Waals surface area contributed by atoms with Crippen molar-refractivity contribution in [2.45, 2.75) is 84.1 Å². The summed E-state index contributed by atoms with van der Waals surface area (Å²) in [5.41, 5.74) is 0. The summed E-state index contributed by atoms with van der Waals surface area (Å²) in [4.78, 5) is 22.7. The van der Waals surface area contributed by atoms with E-state index < -0.39 is 12.0 Å². The van der Waals surface area contributed by atoms with E-state index in [2.05, 4.69) is 19.2 Å². The third-order valence-corrected chi connectivity index (χ3v) is 3.24. The Kier molecular flexibility index (Phi) is 11.3. The maximum absolute atomic E-state index is 11.6. The van der Waals surface area contributed by atoms with E-state index in [1.54, 1.807) is 0 Å². The van der Waals surface area contributed by atoms with E-state index in [0.717, 1.165) is 38.5 Å². The van der Waals surface area contributed by atoms with Gasteiger partial charge < -0.3 is 10.4 Å². The fourth-order valence-electron chi connectivity index (χ4n) is 2.01. The molecule has 4 nitrogen and oxygen atoms in total. The summed E-state index contributed by atoms with van der Waals surface area (Å²) in [6.07, 6.45) is 9.34. The number of aliphatic carboxylic acids is 1. The summed E-state index contributed by atoms with van der Waals surface area (Å²) in [6, 6.07) is -0.713. The van der Waals surface area contributed by atoms with Gasteiger partial charge in [-0.05, 0) is 12.8 Å². The number of unbranched alkanes of at least 4 members (excludes halogenated alkanes) is 6. The number of carbonyl (C=O) groups excluding carboxylic acids is 1. The largest absolute Gasteiger partial charge is 0.480 e. The summed E-state index contributed by atoms with van der Waals surface area (Å²) in [5, 5.41) is 11.7. The van der Waals surface area contributed by atoms with Crippen molar-refractivity contribution in [1.29, 1.82) is 0 Å². The summed E-state index contributed by atoms with van der Waals surface area (Å²) >= 11 is 0. The summed E-state index contributed by atoms with van der Waals surface area (Å²) < 4.78 is 0. The lowest BCUT2D eigenvalue weighted by Crippen LogP contribution is -2.40. The van der Waals surface area contributed by atoms with Crippen LogP contribution in [0.5, 0.6) is 0 Å². The zero-order valence-electron chi connectivity index (χ0n) is 12.4. The molecule has 0 radical (unpaired) electrons. The number of amides is 1. The smallest absolute Gasteiger partial charge is 0.326 e. The molecule has 0 fully saturated rings. The number of carboxylic acid groups (broad SMARTS) is 1. The zero-order valence-corrected chi connectivity index (χ0v) is 12.4. The Morgan fingerprint density at radius 1 is 0.947 bits per heavy atom. The first kappa shape index (κ1) is 17.9. The molecular weight excluding hydrogens is 242 g/mol. The molecule has 0 saturated heterocycles. The van der Waals surface area contributed by atoms with Crippen molar-refractivity contribution in [1.82, 2.24) is 5.32 Å². The molecule has 0 heterocycles. The van der Waals surface area contributed by atoms with Crippen LogP contribution in [0.15, 0.2) is 0 Å². The molecule has 0 aromatic rings. The zero-order chi connectivity index (χ0) is 14.5. The Balaban J connectivity index is 3.80. The van der Waals surface area contributed by atoms with Crippen LogP contribution in [0.25, 0.3) is 0 Å². The van der Waals surface area contributed by atoms with Crippen LogP contribution in [0.3, 0.4) is 0 Å². The predicted molar refractivity (Wildman–Crippen MR) is 77.1 cm³/mol. The van der Waals surface area contributed by atoms with Gasteiger partial charge in [0.2, 0.25) is 5.91 Å². The minimum Gasteiger partial charge on any atom is -0.480 e. The highest BCUT2D eigenvalue weighted by Crippen LogP contribution is 2.07. The number of hydrogen-bond acceptors (Lipinski definition) is 2. The van der Waals surface area contributed by atoms with E-state index >= 15 is 0 Å². The van der Waals surface area contributed by atoms with Gasteiger partial charge in [-0.15, -0.1) is 0 Å². The van der Waals surface area contributed by atoms with E-state index in [1.807, 2.05) is 0 Å². The average molecular weight is 271 g/mol. The highest BCUT2D eigenvalue weighted by Gasteiger charge is 2.18. The fraction of sp³-hybridized carbons (Fsp3) is 0.867. The molecule has 0 aliphatic carbocycles.